The zero-order valence-electron chi connectivity index (χ0n) is 10.1. The first-order valence-electron chi connectivity index (χ1n) is 5.65. The molecule has 0 radical (unpaired) electrons. The molecule has 2 heterocycles. The monoisotopic (exact) mass is 327 g/mol. The Bertz CT molecular complexity index is 637. The molecule has 0 saturated heterocycles. The Morgan fingerprint density at radius 2 is 2.11 bits per heavy atom. The van der Waals surface area contributed by atoms with E-state index in [4.69, 9.17) is 15.2 Å². The van der Waals surface area contributed by atoms with Crippen LogP contribution in [0.5, 0.6) is 11.5 Å². The van der Waals surface area contributed by atoms with E-state index >= 15 is 0 Å². The van der Waals surface area contributed by atoms with Gasteiger partial charge in [0.1, 0.15) is 24.7 Å². The molecule has 1 aromatic carbocycles. The Labute approximate surface area is 117 Å². The third-order valence-corrected chi connectivity index (χ3v) is 3.47. The van der Waals surface area contributed by atoms with Gasteiger partial charge in [-0.2, -0.15) is 5.10 Å². The Morgan fingerprint density at radius 3 is 2.79 bits per heavy atom. The first kappa shape index (κ1) is 12.3. The molecule has 1 aliphatic rings. The molecule has 5 nitrogen and oxygen atoms in total. The first-order valence-corrected chi connectivity index (χ1v) is 6.44. The molecule has 19 heavy (non-hydrogen) atoms. The maximum atomic E-state index is 14.3. The number of nitrogens with two attached hydrogens (primary N) is 1. The molecule has 0 atom stereocenters. The molecule has 0 aliphatic carbocycles. The van der Waals surface area contributed by atoms with Crippen molar-refractivity contribution in [2.45, 2.75) is 0 Å². The van der Waals surface area contributed by atoms with E-state index in [1.54, 1.807) is 19.2 Å². The molecule has 2 N–H and O–H groups in total. The van der Waals surface area contributed by atoms with E-state index < -0.39 is 5.82 Å². The molecule has 0 bridgehead atoms. The Kier molecular flexibility index (Phi) is 2.85. The third kappa shape index (κ3) is 1.94. The van der Waals surface area contributed by atoms with Gasteiger partial charge in [0.15, 0.2) is 17.3 Å². The summed E-state index contributed by atoms with van der Waals surface area (Å²) in [5.41, 5.74) is 6.41. The molecular formula is C12H11BrFN3O2. The number of nitrogen functional groups attached to an aromatic ring is 1. The van der Waals surface area contributed by atoms with Gasteiger partial charge in [-0.3, -0.25) is 4.68 Å². The van der Waals surface area contributed by atoms with Crippen LogP contribution >= 0.6 is 15.9 Å². The molecule has 7 heteroatoms. The van der Waals surface area contributed by atoms with Crippen LogP contribution in [0.4, 0.5) is 10.2 Å². The third-order valence-electron chi connectivity index (χ3n) is 2.90. The number of ether oxygens (including phenoxy) is 2. The van der Waals surface area contributed by atoms with E-state index in [0.29, 0.717) is 40.7 Å². The van der Waals surface area contributed by atoms with Crippen LogP contribution in [0.15, 0.2) is 16.6 Å². The van der Waals surface area contributed by atoms with Crippen LogP contribution in [0.3, 0.4) is 0 Å². The molecule has 0 fully saturated rings. The van der Waals surface area contributed by atoms with Crippen molar-refractivity contribution in [2.24, 2.45) is 7.05 Å². The fourth-order valence-corrected chi connectivity index (χ4v) is 2.37. The van der Waals surface area contributed by atoms with Gasteiger partial charge in [-0.15, -0.1) is 0 Å². The zero-order chi connectivity index (χ0) is 13.6. The highest BCUT2D eigenvalue weighted by molar-refractivity contribution is 9.10. The number of nitrogens with zero attached hydrogens (tertiary/aromatic N) is 2. The number of benzene rings is 1. The SMILES string of the molecule is Cn1nc(-c2c(F)c(Br)cc3c2OCCO3)cc1N. The molecule has 0 unspecified atom stereocenters. The van der Waals surface area contributed by atoms with Crippen LogP contribution < -0.4 is 15.2 Å². The summed E-state index contributed by atoms with van der Waals surface area (Å²) in [6.07, 6.45) is 0. The average Bonchev–Trinajstić information content (AvgIpc) is 2.71. The lowest BCUT2D eigenvalue weighted by atomic mass is 10.1. The second kappa shape index (κ2) is 4.41. The maximum absolute atomic E-state index is 14.3. The van der Waals surface area contributed by atoms with Gasteiger partial charge in [0.25, 0.3) is 0 Å². The largest absolute Gasteiger partial charge is 0.486 e. The van der Waals surface area contributed by atoms with Crippen molar-refractivity contribution in [2.75, 3.05) is 18.9 Å². The Balaban J connectivity index is 2.26. The summed E-state index contributed by atoms with van der Waals surface area (Å²) in [5, 5.41) is 4.19. The van der Waals surface area contributed by atoms with Crippen LogP contribution in [0.25, 0.3) is 11.3 Å². The van der Waals surface area contributed by atoms with Gasteiger partial charge in [0.2, 0.25) is 0 Å². The quantitative estimate of drug-likeness (QED) is 0.873. The van der Waals surface area contributed by atoms with Crippen LogP contribution in [-0.2, 0) is 7.05 Å². The minimum atomic E-state index is -0.442. The van der Waals surface area contributed by atoms with Crippen molar-refractivity contribution in [3.63, 3.8) is 0 Å². The smallest absolute Gasteiger partial charge is 0.173 e. The van der Waals surface area contributed by atoms with Crippen LogP contribution in [0.1, 0.15) is 0 Å². The maximum Gasteiger partial charge on any atom is 0.173 e. The minimum absolute atomic E-state index is 0.261. The second-order valence-corrected chi connectivity index (χ2v) is 5.00. The van der Waals surface area contributed by atoms with Crippen LogP contribution in [0.2, 0.25) is 0 Å². The van der Waals surface area contributed by atoms with Crippen molar-refractivity contribution in [1.29, 1.82) is 0 Å². The summed E-state index contributed by atoms with van der Waals surface area (Å²) in [4.78, 5) is 0. The summed E-state index contributed by atoms with van der Waals surface area (Å²) in [7, 11) is 1.69. The highest BCUT2D eigenvalue weighted by atomic mass is 79.9. The number of anilines is 1. The molecule has 0 spiro atoms. The number of halogens is 2. The van der Waals surface area contributed by atoms with Gasteiger partial charge in [0.05, 0.1) is 10.0 Å². The fourth-order valence-electron chi connectivity index (χ4n) is 1.96. The van der Waals surface area contributed by atoms with Crippen molar-refractivity contribution in [1.82, 2.24) is 9.78 Å². The van der Waals surface area contributed by atoms with E-state index in [-0.39, 0.29) is 5.56 Å². The van der Waals surface area contributed by atoms with E-state index in [1.165, 1.54) is 4.68 Å². The highest BCUT2D eigenvalue weighted by Crippen LogP contribution is 2.44. The normalized spacial score (nSPS) is 13.6. The summed E-state index contributed by atoms with van der Waals surface area (Å²) < 4.78 is 27.1. The lowest BCUT2D eigenvalue weighted by molar-refractivity contribution is 0.171. The van der Waals surface area contributed by atoms with Crippen molar-refractivity contribution < 1.29 is 13.9 Å². The summed E-state index contributed by atoms with van der Waals surface area (Å²) >= 11 is 3.17. The highest BCUT2D eigenvalue weighted by Gasteiger charge is 2.25. The molecule has 100 valence electrons. The standard InChI is InChI=1S/C12H11BrFN3O2/c1-17-9(15)5-7(16-17)10-11(14)6(13)4-8-12(10)19-3-2-18-8/h4-5H,2-3,15H2,1H3. The van der Waals surface area contributed by atoms with Crippen LogP contribution in [0, 0.1) is 5.82 Å². The van der Waals surface area contributed by atoms with Crippen molar-refractivity contribution in [3.05, 3.63) is 22.4 Å². The molecule has 1 aliphatic heterocycles. The van der Waals surface area contributed by atoms with E-state index in [1.807, 2.05) is 0 Å². The molecular weight excluding hydrogens is 317 g/mol. The number of hydrogen-bond donors (Lipinski definition) is 1. The van der Waals surface area contributed by atoms with Gasteiger partial charge >= 0.3 is 0 Å². The average molecular weight is 328 g/mol. The van der Waals surface area contributed by atoms with Gasteiger partial charge in [0, 0.05) is 19.2 Å². The van der Waals surface area contributed by atoms with Gasteiger partial charge in [-0.05, 0) is 15.9 Å². The van der Waals surface area contributed by atoms with Crippen LogP contribution in [-0.4, -0.2) is 23.0 Å². The number of aromatic nitrogens is 2. The fraction of sp³-hybridized carbons (Fsp3) is 0.250. The van der Waals surface area contributed by atoms with Gasteiger partial charge < -0.3 is 15.2 Å². The molecule has 3 rings (SSSR count). The topological polar surface area (TPSA) is 62.3 Å². The Hall–Kier alpha value is -1.76. The predicted molar refractivity (Wildman–Crippen MR) is 71.7 cm³/mol. The molecule has 2 aromatic rings. The van der Waals surface area contributed by atoms with E-state index in [9.17, 15) is 4.39 Å². The lowest BCUT2D eigenvalue weighted by Gasteiger charge is -2.21. The molecule has 1 aromatic heterocycles. The van der Waals surface area contributed by atoms with E-state index in [0.717, 1.165) is 0 Å². The summed E-state index contributed by atoms with van der Waals surface area (Å²) in [6.45, 7) is 0.818. The van der Waals surface area contributed by atoms with Gasteiger partial charge in [-0.25, -0.2) is 4.39 Å². The van der Waals surface area contributed by atoms with Crippen molar-refractivity contribution in [3.8, 4) is 22.8 Å². The van der Waals surface area contributed by atoms with E-state index in [2.05, 4.69) is 21.0 Å². The summed E-state index contributed by atoms with van der Waals surface area (Å²) in [6, 6.07) is 3.16. The Morgan fingerprint density at radius 1 is 1.37 bits per heavy atom. The minimum Gasteiger partial charge on any atom is -0.486 e. The first-order chi connectivity index (χ1) is 9.08. The second-order valence-electron chi connectivity index (χ2n) is 4.15. The molecule has 0 saturated carbocycles. The number of hydrogen-bond acceptors (Lipinski definition) is 4. The molecule has 0 amide bonds. The summed E-state index contributed by atoms with van der Waals surface area (Å²) in [5.74, 6) is 0.867. The van der Waals surface area contributed by atoms with Crippen molar-refractivity contribution >= 4 is 21.7 Å². The number of aryl methyl sites for hydroxylation is 1. The lowest BCUT2D eigenvalue weighted by Crippen LogP contribution is -2.16. The number of rotatable bonds is 1. The number of fused-ring (bicyclic) bond motifs is 1. The zero-order valence-corrected chi connectivity index (χ0v) is 11.7. The van der Waals surface area contributed by atoms with Gasteiger partial charge in [-0.1, -0.05) is 0 Å². The predicted octanol–water partition coefficient (Wildman–Crippen LogP) is 2.34.